The number of aliphatic carboxylic acids is 2. The third-order valence-electron chi connectivity index (χ3n) is 4.28. The maximum absolute atomic E-state index is 13.0. The second-order valence-electron chi connectivity index (χ2n) is 6.99. The quantitative estimate of drug-likeness (QED) is 0.625. The van der Waals surface area contributed by atoms with E-state index in [1.54, 1.807) is 24.3 Å². The minimum Gasteiger partial charge on any atom is -0.480 e. The van der Waals surface area contributed by atoms with Gasteiger partial charge in [0.2, 0.25) is 0 Å². The van der Waals surface area contributed by atoms with E-state index >= 15 is 0 Å². The van der Waals surface area contributed by atoms with Crippen LogP contribution in [0.1, 0.15) is 25.8 Å². The molecule has 0 saturated carbocycles. The molecule has 0 heterocycles. The van der Waals surface area contributed by atoms with E-state index in [2.05, 4.69) is 5.32 Å². The molecular weight excluding hydrogens is 349 g/mol. The number of hydrogen-bond donors (Lipinski definition) is 3. The largest absolute Gasteiger partial charge is 0.480 e. The van der Waals surface area contributed by atoms with E-state index in [0.717, 1.165) is 16.7 Å². The lowest BCUT2D eigenvalue weighted by Crippen LogP contribution is -2.48. The fourth-order valence-corrected chi connectivity index (χ4v) is 2.88. The minimum absolute atomic E-state index is 0.128. The Morgan fingerprint density at radius 1 is 0.889 bits per heavy atom. The predicted molar refractivity (Wildman–Crippen MR) is 101 cm³/mol. The van der Waals surface area contributed by atoms with Gasteiger partial charge in [0.1, 0.15) is 17.9 Å². The van der Waals surface area contributed by atoms with Gasteiger partial charge in [0.15, 0.2) is 0 Å². The van der Waals surface area contributed by atoms with E-state index in [1.165, 1.54) is 12.1 Å². The third kappa shape index (κ3) is 6.18. The predicted octanol–water partition coefficient (Wildman–Crippen LogP) is 3.58. The standard InChI is InChI=1S/C21H24FNO4/c1-13(2)11-18(20(24)25)23-19(21(26)27)12-14-3-5-15(6-4-14)16-7-9-17(22)10-8-16/h3-10,13,18-19,23H,11-12H2,1-2H3,(H,24,25)(H,26,27)/t18-,19-/m0/s1. The number of carboxylic acid groups (broad SMARTS) is 2. The van der Waals surface area contributed by atoms with Crippen molar-refractivity contribution in [2.45, 2.75) is 38.8 Å². The molecule has 0 aliphatic rings. The molecule has 0 spiro atoms. The number of carboxylic acids is 2. The van der Waals surface area contributed by atoms with Crippen molar-refractivity contribution in [2.75, 3.05) is 0 Å². The first-order chi connectivity index (χ1) is 12.8. The molecule has 0 aliphatic carbocycles. The number of halogens is 1. The zero-order chi connectivity index (χ0) is 20.0. The van der Waals surface area contributed by atoms with Crippen molar-refractivity contribution in [3.63, 3.8) is 0 Å². The van der Waals surface area contributed by atoms with Gasteiger partial charge in [0.05, 0.1) is 0 Å². The molecule has 2 aromatic rings. The highest BCUT2D eigenvalue weighted by atomic mass is 19.1. The molecule has 0 amide bonds. The summed E-state index contributed by atoms with van der Waals surface area (Å²) < 4.78 is 13.0. The van der Waals surface area contributed by atoms with Gasteiger partial charge in [0, 0.05) is 0 Å². The Labute approximate surface area is 157 Å². The van der Waals surface area contributed by atoms with Crippen LogP contribution in [0.15, 0.2) is 48.5 Å². The number of rotatable bonds is 9. The molecule has 0 unspecified atom stereocenters. The molecule has 0 radical (unpaired) electrons. The number of hydrogen-bond acceptors (Lipinski definition) is 3. The van der Waals surface area contributed by atoms with Crippen molar-refractivity contribution in [1.82, 2.24) is 5.32 Å². The van der Waals surface area contributed by atoms with Gasteiger partial charge < -0.3 is 10.2 Å². The maximum Gasteiger partial charge on any atom is 0.321 e. The van der Waals surface area contributed by atoms with Crippen LogP contribution in [0.25, 0.3) is 11.1 Å². The molecule has 5 nitrogen and oxygen atoms in total. The average Bonchev–Trinajstić information content (AvgIpc) is 2.61. The number of carbonyl (C=O) groups is 2. The van der Waals surface area contributed by atoms with Gasteiger partial charge in [0.25, 0.3) is 0 Å². The van der Waals surface area contributed by atoms with Crippen molar-refractivity contribution in [2.24, 2.45) is 5.92 Å². The van der Waals surface area contributed by atoms with E-state index in [9.17, 15) is 24.2 Å². The van der Waals surface area contributed by atoms with Crippen molar-refractivity contribution >= 4 is 11.9 Å². The Bertz CT molecular complexity index is 772. The third-order valence-corrected chi connectivity index (χ3v) is 4.28. The lowest BCUT2D eigenvalue weighted by atomic mass is 9.98. The van der Waals surface area contributed by atoms with Crippen molar-refractivity contribution in [1.29, 1.82) is 0 Å². The van der Waals surface area contributed by atoms with E-state index in [0.29, 0.717) is 6.42 Å². The van der Waals surface area contributed by atoms with Gasteiger partial charge in [-0.25, -0.2) is 4.39 Å². The summed E-state index contributed by atoms with van der Waals surface area (Å²) in [4.78, 5) is 23.0. The first-order valence-electron chi connectivity index (χ1n) is 8.82. The zero-order valence-electron chi connectivity index (χ0n) is 15.4. The topological polar surface area (TPSA) is 86.6 Å². The monoisotopic (exact) mass is 373 g/mol. The second kappa shape index (κ2) is 9.28. The lowest BCUT2D eigenvalue weighted by Gasteiger charge is -2.22. The molecule has 0 fully saturated rings. The summed E-state index contributed by atoms with van der Waals surface area (Å²) >= 11 is 0. The average molecular weight is 373 g/mol. The molecule has 2 rings (SSSR count). The van der Waals surface area contributed by atoms with Crippen molar-refractivity contribution < 1.29 is 24.2 Å². The Morgan fingerprint density at radius 3 is 1.81 bits per heavy atom. The van der Waals surface area contributed by atoms with Gasteiger partial charge in [-0.05, 0) is 47.6 Å². The molecule has 0 aromatic heterocycles. The maximum atomic E-state index is 13.0. The Kier molecular flexibility index (Phi) is 7.07. The normalized spacial score (nSPS) is 13.3. The van der Waals surface area contributed by atoms with Gasteiger partial charge >= 0.3 is 11.9 Å². The summed E-state index contributed by atoms with van der Waals surface area (Å²) in [5, 5.41) is 21.5. The van der Waals surface area contributed by atoms with Crippen LogP contribution in [0.3, 0.4) is 0 Å². The summed E-state index contributed by atoms with van der Waals surface area (Å²) in [5.41, 5.74) is 2.52. The van der Waals surface area contributed by atoms with Crippen molar-refractivity contribution in [3.8, 4) is 11.1 Å². The first kappa shape index (κ1) is 20.6. The van der Waals surface area contributed by atoms with Crippen molar-refractivity contribution in [3.05, 3.63) is 59.9 Å². The summed E-state index contributed by atoms with van der Waals surface area (Å²) in [5.74, 6) is -2.32. The van der Waals surface area contributed by atoms with Gasteiger partial charge in [-0.1, -0.05) is 50.2 Å². The van der Waals surface area contributed by atoms with Crippen LogP contribution >= 0.6 is 0 Å². The highest BCUT2D eigenvalue weighted by Crippen LogP contribution is 2.20. The van der Waals surface area contributed by atoms with Crippen LogP contribution < -0.4 is 5.32 Å². The molecule has 0 bridgehead atoms. The van der Waals surface area contributed by atoms with Gasteiger partial charge in [-0.3, -0.25) is 14.9 Å². The van der Waals surface area contributed by atoms with E-state index in [1.807, 2.05) is 26.0 Å². The molecule has 2 aromatic carbocycles. The summed E-state index contributed by atoms with van der Waals surface area (Å²) in [6.45, 7) is 3.78. The molecule has 0 aliphatic heterocycles. The van der Waals surface area contributed by atoms with Crippen LogP contribution in [0.4, 0.5) is 4.39 Å². The van der Waals surface area contributed by atoms with Crippen LogP contribution in [0.2, 0.25) is 0 Å². The molecule has 2 atom stereocenters. The van der Waals surface area contributed by atoms with Crippen LogP contribution in [-0.2, 0) is 16.0 Å². The molecule has 27 heavy (non-hydrogen) atoms. The van der Waals surface area contributed by atoms with E-state index < -0.39 is 24.0 Å². The lowest BCUT2D eigenvalue weighted by molar-refractivity contribution is -0.142. The van der Waals surface area contributed by atoms with Gasteiger partial charge in [-0.2, -0.15) is 0 Å². The highest BCUT2D eigenvalue weighted by Gasteiger charge is 2.26. The Morgan fingerprint density at radius 2 is 1.37 bits per heavy atom. The summed E-state index contributed by atoms with van der Waals surface area (Å²) in [7, 11) is 0. The molecule has 0 saturated heterocycles. The van der Waals surface area contributed by atoms with Crippen LogP contribution in [-0.4, -0.2) is 34.2 Å². The Hall–Kier alpha value is -2.73. The second-order valence-corrected chi connectivity index (χ2v) is 6.99. The highest BCUT2D eigenvalue weighted by molar-refractivity contribution is 5.77. The molecule has 144 valence electrons. The Balaban J connectivity index is 2.10. The number of benzene rings is 2. The summed E-state index contributed by atoms with van der Waals surface area (Å²) in [6, 6.07) is 11.5. The SMILES string of the molecule is CC(C)C[C@H](N[C@@H](Cc1ccc(-c2ccc(F)cc2)cc1)C(=O)O)C(=O)O. The first-order valence-corrected chi connectivity index (χ1v) is 8.82. The summed E-state index contributed by atoms with van der Waals surface area (Å²) in [6.07, 6.45) is 0.517. The van der Waals surface area contributed by atoms with Gasteiger partial charge in [-0.15, -0.1) is 0 Å². The molecule has 3 N–H and O–H groups in total. The fourth-order valence-electron chi connectivity index (χ4n) is 2.88. The fraction of sp³-hybridized carbons (Fsp3) is 0.333. The van der Waals surface area contributed by atoms with Crippen LogP contribution in [0.5, 0.6) is 0 Å². The smallest absolute Gasteiger partial charge is 0.321 e. The molecular formula is C21H24FNO4. The van der Waals surface area contributed by atoms with E-state index in [4.69, 9.17) is 0 Å². The minimum atomic E-state index is -1.09. The molecule has 6 heteroatoms. The zero-order valence-corrected chi connectivity index (χ0v) is 15.4. The van der Waals surface area contributed by atoms with E-state index in [-0.39, 0.29) is 18.2 Å². The number of nitrogens with one attached hydrogen (secondary N) is 1. The van der Waals surface area contributed by atoms with Crippen LogP contribution in [0, 0.1) is 11.7 Å².